The van der Waals surface area contributed by atoms with Crippen molar-refractivity contribution < 1.29 is 13.6 Å². The molecule has 164 valence electrons. The van der Waals surface area contributed by atoms with Gasteiger partial charge in [0.2, 0.25) is 17.5 Å². The van der Waals surface area contributed by atoms with E-state index in [4.69, 9.17) is 8.83 Å². The second kappa shape index (κ2) is 8.75. The van der Waals surface area contributed by atoms with Gasteiger partial charge >= 0.3 is 0 Å². The van der Waals surface area contributed by atoms with Crippen molar-refractivity contribution in [1.82, 2.24) is 9.97 Å². The zero-order valence-electron chi connectivity index (χ0n) is 17.7. The number of amides is 1. The van der Waals surface area contributed by atoms with E-state index in [1.54, 1.807) is 12.1 Å². The summed E-state index contributed by atoms with van der Waals surface area (Å²) in [5.74, 6) is 1.61. The maximum atomic E-state index is 12.8. The molecular weight excluding hydrogens is 408 g/mol. The molecular formula is C23H24N6O3. The van der Waals surface area contributed by atoms with Crippen molar-refractivity contribution in [3.8, 4) is 17.7 Å². The minimum Gasteiger partial charge on any atom is -0.459 e. The highest BCUT2D eigenvalue weighted by molar-refractivity contribution is 5.92. The van der Waals surface area contributed by atoms with E-state index in [2.05, 4.69) is 26.3 Å². The highest BCUT2D eigenvalue weighted by Gasteiger charge is 2.29. The first-order valence-corrected chi connectivity index (χ1v) is 10.9. The van der Waals surface area contributed by atoms with Crippen LogP contribution in [0.3, 0.4) is 0 Å². The predicted molar refractivity (Wildman–Crippen MR) is 118 cm³/mol. The Morgan fingerprint density at radius 3 is 2.59 bits per heavy atom. The van der Waals surface area contributed by atoms with Gasteiger partial charge in [-0.1, -0.05) is 0 Å². The Morgan fingerprint density at radius 1 is 1.12 bits per heavy atom. The third-order valence-electron chi connectivity index (χ3n) is 6.07. The lowest BCUT2D eigenvalue weighted by atomic mass is 9.96. The minimum atomic E-state index is -0.121. The topological polar surface area (TPSA) is 111 Å². The molecule has 2 aliphatic rings. The van der Waals surface area contributed by atoms with Crippen molar-refractivity contribution in [1.29, 1.82) is 5.26 Å². The number of nitrogens with zero attached hydrogens (tertiary/aromatic N) is 5. The molecule has 0 atom stereocenters. The summed E-state index contributed by atoms with van der Waals surface area (Å²) in [6.45, 7) is 3.32. The van der Waals surface area contributed by atoms with E-state index in [1.807, 2.05) is 23.2 Å². The Balaban J connectivity index is 1.19. The van der Waals surface area contributed by atoms with Gasteiger partial charge in [-0.05, 0) is 49.9 Å². The largest absolute Gasteiger partial charge is 0.459 e. The van der Waals surface area contributed by atoms with Crippen LogP contribution < -0.4 is 15.1 Å². The van der Waals surface area contributed by atoms with Gasteiger partial charge in [-0.2, -0.15) is 10.2 Å². The molecule has 32 heavy (non-hydrogen) atoms. The van der Waals surface area contributed by atoms with E-state index >= 15 is 0 Å². The number of pyridine rings is 1. The summed E-state index contributed by atoms with van der Waals surface area (Å²) < 4.78 is 11.1. The highest BCUT2D eigenvalue weighted by Crippen LogP contribution is 2.31. The van der Waals surface area contributed by atoms with Gasteiger partial charge in [-0.25, -0.2) is 4.98 Å². The first-order valence-electron chi connectivity index (χ1n) is 10.9. The zero-order chi connectivity index (χ0) is 21.9. The Labute approximate surface area is 185 Å². The fraction of sp³-hybridized carbons (Fsp3) is 0.391. The van der Waals surface area contributed by atoms with Crippen LogP contribution >= 0.6 is 0 Å². The number of carbonyl (C=O) groups is 1. The summed E-state index contributed by atoms with van der Waals surface area (Å²) >= 11 is 0. The fourth-order valence-electron chi connectivity index (χ4n) is 4.30. The number of hydrogen-bond acceptors (Lipinski definition) is 8. The molecule has 0 unspecified atom stereocenters. The van der Waals surface area contributed by atoms with Crippen LogP contribution in [-0.4, -0.2) is 42.1 Å². The van der Waals surface area contributed by atoms with E-state index in [0.29, 0.717) is 43.4 Å². The molecule has 0 spiro atoms. The van der Waals surface area contributed by atoms with Gasteiger partial charge in [0, 0.05) is 32.1 Å². The Bertz CT molecular complexity index is 1100. The quantitative estimate of drug-likeness (QED) is 0.650. The number of aromatic nitrogens is 2. The molecule has 5 heterocycles. The smallest absolute Gasteiger partial charge is 0.266 e. The first kappa shape index (κ1) is 20.1. The second-order valence-electron chi connectivity index (χ2n) is 8.11. The molecule has 2 fully saturated rings. The number of rotatable bonds is 5. The monoisotopic (exact) mass is 432 g/mol. The lowest BCUT2D eigenvalue weighted by Gasteiger charge is -2.30. The molecule has 0 saturated carbocycles. The normalized spacial score (nSPS) is 16.8. The zero-order valence-corrected chi connectivity index (χ0v) is 17.7. The maximum absolute atomic E-state index is 12.8. The minimum absolute atomic E-state index is 0.0274. The van der Waals surface area contributed by atoms with E-state index in [1.165, 1.54) is 19.1 Å². The lowest BCUT2D eigenvalue weighted by molar-refractivity contribution is -0.120. The van der Waals surface area contributed by atoms with Gasteiger partial charge in [0.15, 0.2) is 5.76 Å². The molecule has 3 aromatic rings. The molecule has 3 aromatic heterocycles. The summed E-state index contributed by atoms with van der Waals surface area (Å²) in [5, 5.41) is 12.4. The number of furan rings is 1. The average molecular weight is 432 g/mol. The van der Waals surface area contributed by atoms with E-state index in [-0.39, 0.29) is 23.4 Å². The maximum Gasteiger partial charge on any atom is 0.266 e. The number of nitrogens with one attached hydrogen (secondary N) is 1. The molecule has 9 nitrogen and oxygen atoms in total. The van der Waals surface area contributed by atoms with Gasteiger partial charge in [0.25, 0.3) is 5.89 Å². The highest BCUT2D eigenvalue weighted by atomic mass is 16.4. The number of piperidine rings is 1. The van der Waals surface area contributed by atoms with Crippen LogP contribution in [0.1, 0.15) is 31.4 Å². The van der Waals surface area contributed by atoms with Crippen molar-refractivity contribution in [3.05, 3.63) is 42.4 Å². The number of nitriles is 1. The predicted octanol–water partition coefficient (Wildman–Crippen LogP) is 3.66. The van der Waals surface area contributed by atoms with Crippen molar-refractivity contribution in [2.75, 3.05) is 41.3 Å². The number of oxazole rings is 1. The number of anilines is 3. The lowest BCUT2D eigenvalue weighted by Crippen LogP contribution is -2.38. The molecule has 2 saturated heterocycles. The molecule has 0 radical (unpaired) electrons. The Morgan fingerprint density at radius 2 is 1.94 bits per heavy atom. The summed E-state index contributed by atoms with van der Waals surface area (Å²) in [6, 6.07) is 9.44. The average Bonchev–Trinajstić information content (AvgIpc) is 3.61. The number of carbonyl (C=O) groups excluding carboxylic acids is 1. The van der Waals surface area contributed by atoms with Crippen LogP contribution in [0.5, 0.6) is 0 Å². The van der Waals surface area contributed by atoms with Gasteiger partial charge < -0.3 is 24.0 Å². The molecule has 0 bridgehead atoms. The van der Waals surface area contributed by atoms with Crippen molar-refractivity contribution >= 4 is 23.3 Å². The molecule has 1 amide bonds. The fourth-order valence-corrected chi connectivity index (χ4v) is 4.30. The third-order valence-corrected chi connectivity index (χ3v) is 6.07. The molecule has 5 rings (SSSR count). The summed E-state index contributed by atoms with van der Waals surface area (Å²) in [4.78, 5) is 25.7. The van der Waals surface area contributed by atoms with Crippen LogP contribution in [0, 0.1) is 17.2 Å². The van der Waals surface area contributed by atoms with E-state index < -0.39 is 0 Å². The van der Waals surface area contributed by atoms with Gasteiger partial charge in [0.1, 0.15) is 11.9 Å². The Kier molecular flexibility index (Phi) is 5.50. The van der Waals surface area contributed by atoms with Crippen molar-refractivity contribution in [2.24, 2.45) is 5.92 Å². The molecule has 0 aliphatic carbocycles. The van der Waals surface area contributed by atoms with Gasteiger partial charge in [-0.3, -0.25) is 4.79 Å². The van der Waals surface area contributed by atoms with Crippen LogP contribution in [0.25, 0.3) is 11.7 Å². The molecule has 1 N–H and O–H groups in total. The SMILES string of the molecule is N#Cc1nc(-c2ccco2)oc1N1CCC(C(=O)Nc2ccc(N3CCCC3)cn2)CC1. The van der Waals surface area contributed by atoms with Crippen LogP contribution in [0.15, 0.2) is 45.6 Å². The summed E-state index contributed by atoms with van der Waals surface area (Å²) in [5.41, 5.74) is 1.32. The molecule has 0 aromatic carbocycles. The molecule has 9 heteroatoms. The molecule has 2 aliphatic heterocycles. The third kappa shape index (κ3) is 4.04. The van der Waals surface area contributed by atoms with Crippen molar-refractivity contribution in [2.45, 2.75) is 25.7 Å². The van der Waals surface area contributed by atoms with Gasteiger partial charge in [-0.15, -0.1) is 0 Å². The summed E-state index contributed by atoms with van der Waals surface area (Å²) in [6.07, 6.45) is 7.09. The number of hydrogen-bond donors (Lipinski definition) is 1. The van der Waals surface area contributed by atoms with Crippen LogP contribution in [-0.2, 0) is 4.79 Å². The Hall–Kier alpha value is -3.80. The first-order chi connectivity index (χ1) is 15.7. The summed E-state index contributed by atoms with van der Waals surface area (Å²) in [7, 11) is 0. The van der Waals surface area contributed by atoms with E-state index in [9.17, 15) is 10.1 Å². The van der Waals surface area contributed by atoms with Gasteiger partial charge in [0.05, 0.1) is 18.1 Å². The second-order valence-corrected chi connectivity index (χ2v) is 8.11. The standard InChI is InChI=1S/C23H24N6O3/c24-14-18-23(32-22(26-18)19-4-3-13-31-19)29-11-7-16(8-12-29)21(30)27-20-6-5-17(15-25-20)28-9-1-2-10-28/h3-6,13,15-16H,1-2,7-12H2,(H,25,27,30). The van der Waals surface area contributed by atoms with E-state index in [0.717, 1.165) is 18.8 Å². The van der Waals surface area contributed by atoms with Crippen molar-refractivity contribution in [3.63, 3.8) is 0 Å². The van der Waals surface area contributed by atoms with Crippen LogP contribution in [0.2, 0.25) is 0 Å². The van der Waals surface area contributed by atoms with Crippen LogP contribution in [0.4, 0.5) is 17.4 Å².